The Morgan fingerprint density at radius 1 is 1.33 bits per heavy atom. The van der Waals surface area contributed by atoms with Gasteiger partial charge >= 0.3 is 0 Å². The number of hydrogen-bond acceptors (Lipinski definition) is 5. The minimum absolute atomic E-state index is 0.102. The molecule has 0 bridgehead atoms. The minimum Gasteiger partial charge on any atom is -0.346 e. The van der Waals surface area contributed by atoms with Crippen LogP contribution in [-0.2, 0) is 6.54 Å². The van der Waals surface area contributed by atoms with Gasteiger partial charge in [0.2, 0.25) is 0 Å². The van der Waals surface area contributed by atoms with Gasteiger partial charge < -0.3 is 5.32 Å². The zero-order valence-corrected chi connectivity index (χ0v) is 11.3. The predicted molar refractivity (Wildman–Crippen MR) is 69.5 cm³/mol. The van der Waals surface area contributed by atoms with Gasteiger partial charge in [0.1, 0.15) is 11.2 Å². The summed E-state index contributed by atoms with van der Waals surface area (Å²) < 4.78 is 0. The molecule has 2 aromatic rings. The topological polar surface area (TPSA) is 67.8 Å². The number of hydrogen-bond donors (Lipinski definition) is 1. The van der Waals surface area contributed by atoms with Crippen molar-refractivity contribution >= 4 is 17.2 Å². The molecule has 0 unspecified atom stereocenters. The average Bonchev–Trinajstić information content (AvgIpc) is 2.66. The van der Waals surface area contributed by atoms with Crippen molar-refractivity contribution in [1.29, 1.82) is 0 Å². The van der Waals surface area contributed by atoms with Crippen LogP contribution < -0.4 is 5.32 Å². The number of nitrogens with zero attached hydrogens (tertiary/aromatic N) is 3. The quantitative estimate of drug-likeness (QED) is 0.915. The maximum Gasteiger partial charge on any atom is 0.263 e. The van der Waals surface area contributed by atoms with E-state index >= 15 is 0 Å². The van der Waals surface area contributed by atoms with Gasteiger partial charge in [0.15, 0.2) is 0 Å². The summed E-state index contributed by atoms with van der Waals surface area (Å²) in [5, 5.41) is 3.74. The van der Waals surface area contributed by atoms with Gasteiger partial charge in [-0.2, -0.15) is 0 Å². The summed E-state index contributed by atoms with van der Waals surface area (Å²) in [6.45, 7) is 6.03. The van der Waals surface area contributed by atoms with Crippen LogP contribution in [0.5, 0.6) is 0 Å². The van der Waals surface area contributed by atoms with Crippen LogP contribution in [0.4, 0.5) is 0 Å². The van der Waals surface area contributed by atoms with Gasteiger partial charge in [0, 0.05) is 5.69 Å². The van der Waals surface area contributed by atoms with Crippen LogP contribution in [0.15, 0.2) is 12.4 Å². The molecule has 0 aromatic carbocycles. The van der Waals surface area contributed by atoms with Crippen LogP contribution in [-0.4, -0.2) is 20.9 Å². The molecule has 2 heterocycles. The summed E-state index contributed by atoms with van der Waals surface area (Å²) >= 11 is 1.40. The largest absolute Gasteiger partial charge is 0.346 e. The average molecular weight is 262 g/mol. The molecular formula is C12H14N4OS. The van der Waals surface area contributed by atoms with Crippen molar-refractivity contribution in [1.82, 2.24) is 20.3 Å². The third kappa shape index (κ3) is 2.89. The maximum absolute atomic E-state index is 12.0. The molecule has 94 valence electrons. The second-order valence-corrected chi connectivity index (χ2v) is 5.18. The van der Waals surface area contributed by atoms with Gasteiger partial charge in [0.05, 0.1) is 22.9 Å². The van der Waals surface area contributed by atoms with E-state index in [1.54, 1.807) is 0 Å². The Morgan fingerprint density at radius 3 is 2.72 bits per heavy atom. The molecule has 1 amide bonds. The molecule has 0 atom stereocenters. The molecule has 0 aliphatic rings. The second-order valence-electron chi connectivity index (χ2n) is 3.98. The van der Waals surface area contributed by atoms with Crippen molar-refractivity contribution in [2.75, 3.05) is 0 Å². The Kier molecular flexibility index (Phi) is 3.66. The highest BCUT2D eigenvalue weighted by atomic mass is 32.1. The number of aryl methyl sites for hydroxylation is 3. The van der Waals surface area contributed by atoms with Gasteiger partial charge in [-0.3, -0.25) is 4.79 Å². The fourth-order valence-corrected chi connectivity index (χ4v) is 2.44. The highest BCUT2D eigenvalue weighted by Crippen LogP contribution is 2.16. The van der Waals surface area contributed by atoms with E-state index in [0.717, 1.165) is 22.1 Å². The van der Waals surface area contributed by atoms with Crippen LogP contribution in [0, 0.1) is 20.8 Å². The van der Waals surface area contributed by atoms with Gasteiger partial charge in [-0.05, 0) is 26.8 Å². The van der Waals surface area contributed by atoms with E-state index in [0.29, 0.717) is 11.4 Å². The summed E-state index contributed by atoms with van der Waals surface area (Å²) in [7, 11) is 0. The SMILES string of the molecule is Cc1cc(CNC(=O)c2sc(C)nc2C)ncn1. The molecule has 5 nitrogen and oxygen atoms in total. The number of thiazole rings is 1. The highest BCUT2D eigenvalue weighted by Gasteiger charge is 2.13. The molecule has 2 rings (SSSR count). The fraction of sp³-hybridized carbons (Fsp3) is 0.333. The molecular weight excluding hydrogens is 248 g/mol. The summed E-state index contributed by atoms with van der Waals surface area (Å²) in [6.07, 6.45) is 1.50. The van der Waals surface area contributed by atoms with Crippen LogP contribution >= 0.6 is 11.3 Å². The van der Waals surface area contributed by atoms with Gasteiger partial charge in [-0.15, -0.1) is 11.3 Å². The fourth-order valence-electron chi connectivity index (χ4n) is 1.60. The Labute approximate surface area is 109 Å². The second kappa shape index (κ2) is 5.22. The number of aromatic nitrogens is 3. The van der Waals surface area contributed by atoms with E-state index < -0.39 is 0 Å². The van der Waals surface area contributed by atoms with E-state index in [-0.39, 0.29) is 5.91 Å². The van der Waals surface area contributed by atoms with E-state index in [9.17, 15) is 4.79 Å². The van der Waals surface area contributed by atoms with E-state index in [1.165, 1.54) is 17.7 Å². The molecule has 0 fully saturated rings. The normalized spacial score (nSPS) is 10.4. The zero-order valence-electron chi connectivity index (χ0n) is 10.5. The molecule has 6 heteroatoms. The molecule has 2 aromatic heterocycles. The van der Waals surface area contributed by atoms with Crippen molar-refractivity contribution in [2.24, 2.45) is 0 Å². The number of rotatable bonds is 3. The molecule has 18 heavy (non-hydrogen) atoms. The Morgan fingerprint density at radius 2 is 2.11 bits per heavy atom. The summed E-state index contributed by atoms with van der Waals surface area (Å²) in [5.74, 6) is -0.102. The number of carbonyl (C=O) groups excluding carboxylic acids is 1. The first kappa shape index (κ1) is 12.6. The van der Waals surface area contributed by atoms with Gasteiger partial charge in [-0.25, -0.2) is 15.0 Å². The summed E-state index contributed by atoms with van der Waals surface area (Å²) in [6, 6.07) is 1.85. The summed E-state index contributed by atoms with van der Waals surface area (Å²) in [4.78, 5) is 25.0. The molecule has 0 aliphatic heterocycles. The van der Waals surface area contributed by atoms with Crippen molar-refractivity contribution < 1.29 is 4.79 Å². The molecule has 0 spiro atoms. The predicted octanol–water partition coefficient (Wildman–Crippen LogP) is 1.79. The number of carbonyl (C=O) groups is 1. The van der Waals surface area contributed by atoms with Crippen LogP contribution in [0.25, 0.3) is 0 Å². The van der Waals surface area contributed by atoms with E-state index in [1.807, 2.05) is 26.8 Å². The van der Waals surface area contributed by atoms with Gasteiger partial charge in [0.25, 0.3) is 5.91 Å². The van der Waals surface area contributed by atoms with Crippen molar-refractivity contribution in [3.63, 3.8) is 0 Å². The summed E-state index contributed by atoms with van der Waals surface area (Å²) in [5.41, 5.74) is 2.46. The first-order valence-corrected chi connectivity index (χ1v) is 6.37. The molecule has 0 aliphatic carbocycles. The third-order valence-electron chi connectivity index (χ3n) is 2.40. The first-order valence-electron chi connectivity index (χ1n) is 5.56. The van der Waals surface area contributed by atoms with Crippen LogP contribution in [0.2, 0.25) is 0 Å². The molecule has 0 saturated heterocycles. The van der Waals surface area contributed by atoms with Crippen LogP contribution in [0.3, 0.4) is 0 Å². The van der Waals surface area contributed by atoms with Crippen LogP contribution in [0.1, 0.15) is 31.8 Å². The van der Waals surface area contributed by atoms with Crippen molar-refractivity contribution in [3.8, 4) is 0 Å². The number of amides is 1. The lowest BCUT2D eigenvalue weighted by molar-refractivity contribution is 0.0953. The molecule has 0 radical (unpaired) electrons. The third-order valence-corrected chi connectivity index (χ3v) is 3.47. The maximum atomic E-state index is 12.0. The van der Waals surface area contributed by atoms with E-state index in [2.05, 4.69) is 20.3 Å². The molecule has 0 saturated carbocycles. The van der Waals surface area contributed by atoms with E-state index in [4.69, 9.17) is 0 Å². The zero-order chi connectivity index (χ0) is 13.1. The van der Waals surface area contributed by atoms with Gasteiger partial charge in [-0.1, -0.05) is 0 Å². The smallest absolute Gasteiger partial charge is 0.263 e. The van der Waals surface area contributed by atoms with Crippen molar-refractivity contribution in [3.05, 3.63) is 39.4 Å². The standard InChI is InChI=1S/C12H14N4OS/c1-7-4-10(15-6-14-7)5-13-12(17)11-8(2)16-9(3)18-11/h4,6H,5H2,1-3H3,(H,13,17). The monoisotopic (exact) mass is 262 g/mol. The molecule has 1 N–H and O–H groups in total. The number of nitrogens with one attached hydrogen (secondary N) is 1. The Balaban J connectivity index is 2.03. The highest BCUT2D eigenvalue weighted by molar-refractivity contribution is 7.13. The minimum atomic E-state index is -0.102. The Bertz CT molecular complexity index is 579. The lowest BCUT2D eigenvalue weighted by atomic mass is 10.3. The lowest BCUT2D eigenvalue weighted by Crippen LogP contribution is -2.23. The first-order chi connectivity index (χ1) is 8.56. The lowest BCUT2D eigenvalue weighted by Gasteiger charge is -2.03. The Hall–Kier alpha value is -1.82. The van der Waals surface area contributed by atoms with Crippen molar-refractivity contribution in [2.45, 2.75) is 27.3 Å².